The Balaban J connectivity index is 1.93. The number of hydrogen-bond donors (Lipinski definition) is 2. The fourth-order valence-corrected chi connectivity index (χ4v) is 3.49. The van der Waals surface area contributed by atoms with Crippen LogP contribution in [0.4, 0.5) is 0 Å². The van der Waals surface area contributed by atoms with Crippen molar-refractivity contribution in [2.75, 3.05) is 7.05 Å². The molecule has 1 atom stereocenters. The Labute approximate surface area is 136 Å². The predicted octanol–water partition coefficient (Wildman–Crippen LogP) is 2.46. The molecule has 3 heterocycles. The third kappa shape index (κ3) is 2.57. The van der Waals surface area contributed by atoms with Crippen molar-refractivity contribution in [2.45, 2.75) is 18.9 Å². The van der Waals surface area contributed by atoms with Gasteiger partial charge in [0.25, 0.3) is 0 Å². The molecular weight excluding hydrogens is 322 g/mol. The van der Waals surface area contributed by atoms with Crippen LogP contribution in [0.1, 0.15) is 18.2 Å². The van der Waals surface area contributed by atoms with E-state index < -0.39 is 5.54 Å². The van der Waals surface area contributed by atoms with Crippen LogP contribution >= 0.6 is 22.9 Å². The van der Waals surface area contributed by atoms with E-state index in [4.69, 9.17) is 17.0 Å². The van der Waals surface area contributed by atoms with Gasteiger partial charge in [-0.15, -0.1) is 11.3 Å². The molecule has 2 aromatic rings. The van der Waals surface area contributed by atoms with Crippen LogP contribution in [0.15, 0.2) is 23.8 Å². The maximum Gasteiger partial charge on any atom is 0.231 e. The maximum absolute atomic E-state index is 12.0. The average molecular weight is 336 g/mol. The lowest BCUT2D eigenvalue weighted by Crippen LogP contribution is -2.57. The van der Waals surface area contributed by atoms with Crippen molar-refractivity contribution in [3.63, 3.8) is 0 Å². The van der Waals surface area contributed by atoms with Crippen molar-refractivity contribution in [2.24, 2.45) is 0 Å². The average Bonchev–Trinajstić information content (AvgIpc) is 2.95. The minimum atomic E-state index is -0.588. The Kier molecular flexibility index (Phi) is 3.62. The number of amides is 1. The first-order chi connectivity index (χ1) is 10.4. The molecule has 0 bridgehead atoms. The minimum absolute atomic E-state index is 0.0799. The SMILES string of the molecule is CN1C(=N)NC(C)(c2cc(-c3cncc(Cl)n3)cs2)CC1=O. The van der Waals surface area contributed by atoms with Gasteiger partial charge in [-0.3, -0.25) is 20.1 Å². The molecule has 0 aliphatic carbocycles. The Morgan fingerprint density at radius 3 is 2.95 bits per heavy atom. The van der Waals surface area contributed by atoms with Crippen LogP contribution in [0.3, 0.4) is 0 Å². The van der Waals surface area contributed by atoms with Gasteiger partial charge in [-0.05, 0) is 13.0 Å². The summed E-state index contributed by atoms with van der Waals surface area (Å²) in [6, 6.07) is 1.96. The van der Waals surface area contributed by atoms with E-state index in [-0.39, 0.29) is 11.9 Å². The quantitative estimate of drug-likeness (QED) is 0.883. The Morgan fingerprint density at radius 1 is 1.50 bits per heavy atom. The molecule has 1 fully saturated rings. The number of hydrogen-bond acceptors (Lipinski definition) is 5. The van der Waals surface area contributed by atoms with E-state index in [1.807, 2.05) is 18.4 Å². The Hall–Kier alpha value is -1.99. The number of nitrogens with zero attached hydrogens (tertiary/aromatic N) is 3. The van der Waals surface area contributed by atoms with E-state index in [0.29, 0.717) is 17.3 Å². The van der Waals surface area contributed by atoms with Crippen LogP contribution in [-0.2, 0) is 10.3 Å². The van der Waals surface area contributed by atoms with E-state index >= 15 is 0 Å². The van der Waals surface area contributed by atoms with Gasteiger partial charge in [0.2, 0.25) is 5.91 Å². The third-order valence-electron chi connectivity index (χ3n) is 3.65. The molecule has 3 rings (SSSR count). The zero-order valence-corrected chi connectivity index (χ0v) is 13.6. The number of rotatable bonds is 2. The fourth-order valence-electron chi connectivity index (χ4n) is 2.32. The largest absolute Gasteiger partial charge is 0.345 e. The molecule has 2 aromatic heterocycles. The molecule has 1 amide bonds. The summed E-state index contributed by atoms with van der Waals surface area (Å²) in [6.45, 7) is 1.92. The first kappa shape index (κ1) is 14.9. The topological polar surface area (TPSA) is 82.0 Å². The molecular formula is C14H14ClN5OS. The molecule has 1 saturated heterocycles. The van der Waals surface area contributed by atoms with Gasteiger partial charge in [0, 0.05) is 22.9 Å². The summed E-state index contributed by atoms with van der Waals surface area (Å²) in [5.41, 5.74) is 0.999. The standard InChI is InChI=1S/C14H14ClN5OS/c1-14(4-12(21)20(2)13(16)19-14)10-3-8(7-22-10)9-5-17-6-11(15)18-9/h3,5-7H,4H2,1-2H3,(H2,16,19). The summed E-state index contributed by atoms with van der Waals surface area (Å²) < 4.78 is 0. The molecule has 6 nitrogen and oxygen atoms in total. The van der Waals surface area contributed by atoms with E-state index in [2.05, 4.69) is 15.3 Å². The van der Waals surface area contributed by atoms with Crippen molar-refractivity contribution in [3.05, 3.63) is 33.9 Å². The van der Waals surface area contributed by atoms with Gasteiger partial charge in [-0.1, -0.05) is 11.6 Å². The van der Waals surface area contributed by atoms with Crippen LogP contribution in [0.5, 0.6) is 0 Å². The van der Waals surface area contributed by atoms with Crippen molar-refractivity contribution >= 4 is 34.8 Å². The number of carbonyl (C=O) groups is 1. The normalized spacial score (nSPS) is 21.9. The summed E-state index contributed by atoms with van der Waals surface area (Å²) in [6.07, 6.45) is 3.43. The highest BCUT2D eigenvalue weighted by Gasteiger charge is 2.38. The maximum atomic E-state index is 12.0. The van der Waals surface area contributed by atoms with Gasteiger partial charge in [0.15, 0.2) is 5.96 Å². The number of carbonyl (C=O) groups excluding carboxylic acids is 1. The van der Waals surface area contributed by atoms with Crippen molar-refractivity contribution < 1.29 is 4.79 Å². The summed E-state index contributed by atoms with van der Waals surface area (Å²) in [5, 5.41) is 13.3. The number of guanidine groups is 1. The van der Waals surface area contributed by atoms with E-state index in [1.165, 1.54) is 22.4 Å². The van der Waals surface area contributed by atoms with Crippen molar-refractivity contribution in [3.8, 4) is 11.3 Å². The van der Waals surface area contributed by atoms with Gasteiger partial charge < -0.3 is 5.32 Å². The number of aromatic nitrogens is 2. The summed E-state index contributed by atoms with van der Waals surface area (Å²) in [7, 11) is 1.60. The summed E-state index contributed by atoms with van der Waals surface area (Å²) >= 11 is 7.39. The number of nitrogens with one attached hydrogen (secondary N) is 2. The van der Waals surface area contributed by atoms with Gasteiger partial charge in [0.1, 0.15) is 5.15 Å². The first-order valence-corrected chi connectivity index (χ1v) is 7.85. The van der Waals surface area contributed by atoms with Crippen LogP contribution in [0.25, 0.3) is 11.3 Å². The monoisotopic (exact) mass is 335 g/mol. The smallest absolute Gasteiger partial charge is 0.231 e. The Morgan fingerprint density at radius 2 is 2.27 bits per heavy atom. The molecule has 2 N–H and O–H groups in total. The Bertz CT molecular complexity index is 741. The summed E-state index contributed by atoms with van der Waals surface area (Å²) in [5.74, 6) is 0.0278. The highest BCUT2D eigenvalue weighted by molar-refractivity contribution is 7.10. The lowest BCUT2D eigenvalue weighted by Gasteiger charge is -2.38. The molecule has 0 radical (unpaired) electrons. The first-order valence-electron chi connectivity index (χ1n) is 6.59. The van der Waals surface area contributed by atoms with E-state index in [9.17, 15) is 4.79 Å². The second-order valence-electron chi connectivity index (χ2n) is 5.36. The number of thiophene rings is 1. The minimum Gasteiger partial charge on any atom is -0.345 e. The second kappa shape index (κ2) is 5.33. The van der Waals surface area contributed by atoms with E-state index in [0.717, 1.165) is 10.4 Å². The highest BCUT2D eigenvalue weighted by atomic mass is 35.5. The lowest BCUT2D eigenvalue weighted by atomic mass is 9.92. The summed E-state index contributed by atoms with van der Waals surface area (Å²) in [4.78, 5) is 22.6. The van der Waals surface area contributed by atoms with Gasteiger partial charge in [-0.2, -0.15) is 0 Å². The van der Waals surface area contributed by atoms with Crippen LogP contribution in [0, 0.1) is 5.41 Å². The predicted molar refractivity (Wildman–Crippen MR) is 86.0 cm³/mol. The fraction of sp³-hybridized carbons (Fsp3) is 0.286. The molecule has 8 heteroatoms. The molecule has 114 valence electrons. The zero-order chi connectivity index (χ0) is 15.9. The molecule has 0 spiro atoms. The van der Waals surface area contributed by atoms with Gasteiger partial charge in [-0.25, -0.2) is 4.98 Å². The third-order valence-corrected chi connectivity index (χ3v) is 5.03. The van der Waals surface area contributed by atoms with E-state index in [1.54, 1.807) is 13.2 Å². The number of halogens is 1. The van der Waals surface area contributed by atoms with Gasteiger partial charge in [0.05, 0.1) is 30.0 Å². The van der Waals surface area contributed by atoms with Crippen LogP contribution < -0.4 is 5.32 Å². The molecule has 1 aliphatic rings. The molecule has 22 heavy (non-hydrogen) atoms. The van der Waals surface area contributed by atoms with Crippen molar-refractivity contribution in [1.29, 1.82) is 5.41 Å². The molecule has 0 saturated carbocycles. The lowest BCUT2D eigenvalue weighted by molar-refractivity contribution is -0.129. The highest BCUT2D eigenvalue weighted by Crippen LogP contribution is 2.35. The zero-order valence-electron chi connectivity index (χ0n) is 12.1. The van der Waals surface area contributed by atoms with Gasteiger partial charge >= 0.3 is 0 Å². The van der Waals surface area contributed by atoms with Crippen LogP contribution in [-0.4, -0.2) is 33.8 Å². The second-order valence-corrected chi connectivity index (χ2v) is 6.66. The van der Waals surface area contributed by atoms with Crippen LogP contribution in [0.2, 0.25) is 5.15 Å². The molecule has 0 aromatic carbocycles. The molecule has 1 aliphatic heterocycles. The molecule has 1 unspecified atom stereocenters. The van der Waals surface area contributed by atoms with Crippen molar-refractivity contribution in [1.82, 2.24) is 20.2 Å².